The average molecular weight is 332 g/mol. The van der Waals surface area contributed by atoms with Gasteiger partial charge in [0.2, 0.25) is 0 Å². The van der Waals surface area contributed by atoms with Crippen molar-refractivity contribution in [2.24, 2.45) is 0 Å². The van der Waals surface area contributed by atoms with Crippen LogP contribution in [-0.4, -0.2) is 46.6 Å². The lowest BCUT2D eigenvalue weighted by atomic mass is 10.0. The summed E-state index contributed by atoms with van der Waals surface area (Å²) in [7, 11) is 0. The van der Waals surface area contributed by atoms with Gasteiger partial charge in [-0.2, -0.15) is 0 Å². The van der Waals surface area contributed by atoms with Gasteiger partial charge in [0.25, 0.3) is 11.6 Å². The second-order valence-electron chi connectivity index (χ2n) is 6.48. The SMILES string of the molecule is CCN(CC)C(C)CNC(=O)c1cc(C(C)C)nc2onc(C)c12. The first-order valence-corrected chi connectivity index (χ1v) is 8.68. The highest BCUT2D eigenvalue weighted by Gasteiger charge is 2.20. The summed E-state index contributed by atoms with van der Waals surface area (Å²) in [6.07, 6.45) is 0. The van der Waals surface area contributed by atoms with Gasteiger partial charge >= 0.3 is 0 Å². The van der Waals surface area contributed by atoms with Crippen LogP contribution in [0.2, 0.25) is 0 Å². The molecule has 0 fully saturated rings. The second-order valence-corrected chi connectivity index (χ2v) is 6.48. The highest BCUT2D eigenvalue weighted by atomic mass is 16.5. The van der Waals surface area contributed by atoms with E-state index < -0.39 is 0 Å². The van der Waals surface area contributed by atoms with E-state index in [-0.39, 0.29) is 17.9 Å². The quantitative estimate of drug-likeness (QED) is 0.843. The van der Waals surface area contributed by atoms with Gasteiger partial charge in [0.15, 0.2) is 0 Å². The van der Waals surface area contributed by atoms with E-state index in [1.807, 2.05) is 26.8 Å². The third-order valence-electron chi connectivity index (χ3n) is 4.47. The predicted octanol–water partition coefficient (Wildman–Crippen LogP) is 3.11. The molecule has 0 aliphatic carbocycles. The Labute approximate surface area is 143 Å². The zero-order valence-corrected chi connectivity index (χ0v) is 15.5. The molecule has 0 saturated heterocycles. The van der Waals surface area contributed by atoms with E-state index in [9.17, 15) is 4.79 Å². The van der Waals surface area contributed by atoms with Crippen molar-refractivity contribution in [2.45, 2.75) is 53.5 Å². The Morgan fingerprint density at radius 3 is 2.54 bits per heavy atom. The third-order valence-corrected chi connectivity index (χ3v) is 4.47. The molecule has 24 heavy (non-hydrogen) atoms. The maximum absolute atomic E-state index is 12.8. The minimum absolute atomic E-state index is 0.102. The molecule has 1 amide bonds. The smallest absolute Gasteiger partial charge is 0.259 e. The first kappa shape index (κ1) is 18.4. The first-order chi connectivity index (χ1) is 11.4. The Morgan fingerprint density at radius 1 is 1.29 bits per heavy atom. The summed E-state index contributed by atoms with van der Waals surface area (Å²) in [5.41, 5.74) is 2.55. The molecule has 1 atom stereocenters. The van der Waals surface area contributed by atoms with Gasteiger partial charge in [-0.1, -0.05) is 32.9 Å². The number of hydrogen-bond acceptors (Lipinski definition) is 5. The van der Waals surface area contributed by atoms with Crippen molar-refractivity contribution in [1.82, 2.24) is 20.4 Å². The summed E-state index contributed by atoms with van der Waals surface area (Å²) in [4.78, 5) is 19.5. The molecule has 0 aliphatic heterocycles. The highest BCUT2D eigenvalue weighted by Crippen LogP contribution is 2.25. The lowest BCUT2D eigenvalue weighted by Crippen LogP contribution is -2.42. The van der Waals surface area contributed by atoms with Crippen molar-refractivity contribution in [3.05, 3.63) is 23.0 Å². The standard InChI is InChI=1S/C18H28N4O2/c1-7-22(8-2)12(5)10-19-17(23)14-9-15(11(3)4)20-18-16(14)13(6)21-24-18/h9,11-12H,7-8,10H2,1-6H3,(H,19,23). The van der Waals surface area contributed by atoms with Crippen LogP contribution in [0.15, 0.2) is 10.6 Å². The van der Waals surface area contributed by atoms with Crippen LogP contribution in [0.4, 0.5) is 0 Å². The summed E-state index contributed by atoms with van der Waals surface area (Å²) < 4.78 is 5.28. The molecule has 0 spiro atoms. The van der Waals surface area contributed by atoms with Crippen molar-refractivity contribution >= 4 is 17.0 Å². The molecule has 2 heterocycles. The summed E-state index contributed by atoms with van der Waals surface area (Å²) >= 11 is 0. The van der Waals surface area contributed by atoms with Gasteiger partial charge in [-0.05, 0) is 38.9 Å². The minimum Gasteiger partial charge on any atom is -0.350 e. The number of fused-ring (bicyclic) bond motifs is 1. The van der Waals surface area contributed by atoms with Crippen LogP contribution in [0.3, 0.4) is 0 Å². The predicted molar refractivity (Wildman–Crippen MR) is 95.3 cm³/mol. The third kappa shape index (κ3) is 3.75. The number of aromatic nitrogens is 2. The van der Waals surface area contributed by atoms with Crippen LogP contribution in [-0.2, 0) is 0 Å². The number of rotatable bonds is 7. The molecule has 2 aromatic heterocycles. The maximum Gasteiger partial charge on any atom is 0.259 e. The van der Waals surface area contributed by atoms with E-state index in [1.165, 1.54) is 0 Å². The van der Waals surface area contributed by atoms with Crippen molar-refractivity contribution < 1.29 is 9.32 Å². The van der Waals surface area contributed by atoms with Gasteiger partial charge in [-0.3, -0.25) is 9.69 Å². The fraction of sp³-hybridized carbons (Fsp3) is 0.611. The molecular weight excluding hydrogens is 304 g/mol. The number of nitrogens with zero attached hydrogens (tertiary/aromatic N) is 3. The van der Waals surface area contributed by atoms with Crippen LogP contribution in [0, 0.1) is 6.92 Å². The fourth-order valence-corrected chi connectivity index (χ4v) is 2.90. The molecule has 6 nitrogen and oxygen atoms in total. The van der Waals surface area contributed by atoms with Gasteiger partial charge in [-0.15, -0.1) is 0 Å². The number of hydrogen-bond donors (Lipinski definition) is 1. The summed E-state index contributed by atoms with van der Waals surface area (Å²) in [5.74, 6) is 0.107. The molecule has 2 aromatic rings. The number of carbonyl (C=O) groups is 1. The van der Waals surface area contributed by atoms with E-state index in [2.05, 4.69) is 41.1 Å². The van der Waals surface area contributed by atoms with Gasteiger partial charge < -0.3 is 9.84 Å². The number of aryl methyl sites for hydroxylation is 1. The number of amides is 1. The Bertz CT molecular complexity index is 704. The van der Waals surface area contributed by atoms with E-state index in [0.717, 1.165) is 18.8 Å². The van der Waals surface area contributed by atoms with E-state index >= 15 is 0 Å². The highest BCUT2D eigenvalue weighted by molar-refractivity contribution is 6.06. The van der Waals surface area contributed by atoms with Crippen molar-refractivity contribution in [2.75, 3.05) is 19.6 Å². The molecule has 0 bridgehead atoms. The first-order valence-electron chi connectivity index (χ1n) is 8.68. The number of pyridine rings is 1. The molecular formula is C18H28N4O2. The van der Waals surface area contributed by atoms with E-state index in [0.29, 0.717) is 28.9 Å². The summed E-state index contributed by atoms with van der Waals surface area (Å²) in [6, 6.07) is 2.14. The monoisotopic (exact) mass is 332 g/mol. The van der Waals surface area contributed by atoms with E-state index in [1.54, 1.807) is 0 Å². The van der Waals surface area contributed by atoms with Gasteiger partial charge in [0, 0.05) is 18.3 Å². The van der Waals surface area contributed by atoms with Crippen molar-refractivity contribution in [1.29, 1.82) is 0 Å². The average Bonchev–Trinajstić information content (AvgIpc) is 2.94. The Hall–Kier alpha value is -1.95. The van der Waals surface area contributed by atoms with Crippen LogP contribution < -0.4 is 5.32 Å². The van der Waals surface area contributed by atoms with Gasteiger partial charge in [0.05, 0.1) is 16.6 Å². The molecule has 0 aliphatic rings. The maximum atomic E-state index is 12.8. The second kappa shape index (κ2) is 7.75. The van der Waals surface area contributed by atoms with Crippen LogP contribution in [0.25, 0.3) is 11.1 Å². The number of carbonyl (C=O) groups excluding carboxylic acids is 1. The Balaban J connectivity index is 2.26. The summed E-state index contributed by atoms with van der Waals surface area (Å²) in [6.45, 7) is 14.8. The molecule has 6 heteroatoms. The molecule has 0 saturated carbocycles. The number of likely N-dealkylation sites (N-methyl/N-ethyl adjacent to an activating group) is 1. The fourth-order valence-electron chi connectivity index (χ4n) is 2.90. The van der Waals surface area contributed by atoms with Crippen LogP contribution in [0.5, 0.6) is 0 Å². The zero-order chi connectivity index (χ0) is 17.9. The molecule has 2 rings (SSSR count). The topological polar surface area (TPSA) is 71.3 Å². The molecule has 1 N–H and O–H groups in total. The van der Waals surface area contributed by atoms with Crippen LogP contribution in [0.1, 0.15) is 62.3 Å². The largest absolute Gasteiger partial charge is 0.350 e. The van der Waals surface area contributed by atoms with Gasteiger partial charge in [0.1, 0.15) is 0 Å². The molecule has 1 unspecified atom stereocenters. The Morgan fingerprint density at radius 2 is 1.96 bits per heavy atom. The molecule has 0 aromatic carbocycles. The normalized spacial score (nSPS) is 13.0. The van der Waals surface area contributed by atoms with Crippen LogP contribution >= 0.6 is 0 Å². The molecule has 0 radical (unpaired) electrons. The molecule has 132 valence electrons. The zero-order valence-electron chi connectivity index (χ0n) is 15.5. The van der Waals surface area contributed by atoms with Crippen molar-refractivity contribution in [3.63, 3.8) is 0 Å². The minimum atomic E-state index is -0.102. The summed E-state index contributed by atoms with van der Waals surface area (Å²) in [5, 5.41) is 7.71. The number of nitrogens with one attached hydrogen (secondary N) is 1. The van der Waals surface area contributed by atoms with E-state index in [4.69, 9.17) is 4.52 Å². The van der Waals surface area contributed by atoms with Gasteiger partial charge in [-0.25, -0.2) is 4.98 Å². The lowest BCUT2D eigenvalue weighted by molar-refractivity contribution is 0.0939. The Kier molecular flexibility index (Phi) is 5.94. The van der Waals surface area contributed by atoms with Crippen molar-refractivity contribution in [3.8, 4) is 0 Å². The lowest BCUT2D eigenvalue weighted by Gasteiger charge is -2.26.